The quantitative estimate of drug-likeness (QED) is 0.757. The summed E-state index contributed by atoms with van der Waals surface area (Å²) in [5.41, 5.74) is 3.37. The second-order valence-electron chi connectivity index (χ2n) is 4.97. The summed E-state index contributed by atoms with van der Waals surface area (Å²) in [4.78, 5) is 14.2. The summed E-state index contributed by atoms with van der Waals surface area (Å²) in [5.74, 6) is 0.0565. The number of carbonyl (C=O) groups excluding carboxylic acids is 1. The molecule has 0 saturated heterocycles. The average Bonchev–Trinajstić information content (AvgIpc) is 2.53. The molecule has 2 aromatic rings. The van der Waals surface area contributed by atoms with Crippen LogP contribution in [-0.2, 0) is 11.2 Å². The van der Waals surface area contributed by atoms with Gasteiger partial charge in [0.05, 0.1) is 0 Å². The van der Waals surface area contributed by atoms with Crippen LogP contribution in [0.1, 0.15) is 17.5 Å². The molecule has 0 atom stereocenters. The molecule has 1 heterocycles. The number of nitrogens with zero attached hydrogens (tertiary/aromatic N) is 1. The molecule has 1 aliphatic rings. The molecule has 20 heavy (non-hydrogen) atoms. The lowest BCUT2D eigenvalue weighted by molar-refractivity contribution is -0.114. The number of hydrogen-bond donors (Lipinski definition) is 0. The van der Waals surface area contributed by atoms with Gasteiger partial charge < -0.3 is 4.90 Å². The molecule has 3 rings (SSSR count). The van der Waals surface area contributed by atoms with Gasteiger partial charge in [-0.2, -0.15) is 0 Å². The van der Waals surface area contributed by atoms with Gasteiger partial charge in [-0.1, -0.05) is 48.5 Å². The van der Waals surface area contributed by atoms with Crippen LogP contribution >= 0.6 is 0 Å². The van der Waals surface area contributed by atoms with Crippen LogP contribution in [0, 0.1) is 0 Å². The molecule has 0 bridgehead atoms. The lowest BCUT2D eigenvalue weighted by atomic mass is 10.0. The van der Waals surface area contributed by atoms with E-state index in [1.54, 1.807) is 6.08 Å². The minimum atomic E-state index is 0.0565. The molecular weight excluding hydrogens is 246 g/mol. The van der Waals surface area contributed by atoms with Crippen molar-refractivity contribution in [3.05, 3.63) is 71.8 Å². The van der Waals surface area contributed by atoms with Crippen molar-refractivity contribution < 1.29 is 4.79 Å². The molecule has 0 radical (unpaired) electrons. The lowest BCUT2D eigenvalue weighted by Crippen LogP contribution is -2.34. The molecule has 0 aromatic heterocycles. The van der Waals surface area contributed by atoms with E-state index in [1.807, 2.05) is 59.5 Å². The summed E-state index contributed by atoms with van der Waals surface area (Å²) in [7, 11) is 0. The van der Waals surface area contributed by atoms with Gasteiger partial charge in [-0.25, -0.2) is 0 Å². The zero-order chi connectivity index (χ0) is 13.8. The molecule has 0 saturated carbocycles. The Bertz CT molecular complexity index is 631. The number of para-hydroxylation sites is 1. The lowest BCUT2D eigenvalue weighted by Gasteiger charge is -2.28. The highest BCUT2D eigenvalue weighted by Crippen LogP contribution is 2.26. The fourth-order valence-electron chi connectivity index (χ4n) is 2.58. The number of rotatable bonds is 2. The van der Waals surface area contributed by atoms with E-state index in [0.29, 0.717) is 0 Å². The van der Waals surface area contributed by atoms with E-state index < -0.39 is 0 Å². The van der Waals surface area contributed by atoms with Crippen molar-refractivity contribution in [3.8, 4) is 0 Å². The standard InChI is InChI=1S/C18H17NO/c20-18(13-12-15-7-2-1-3-8-15)19-14-6-10-16-9-4-5-11-17(16)19/h1-5,7-9,11-13H,6,10,14H2/b13-12+. The Kier molecular flexibility index (Phi) is 3.64. The Hall–Kier alpha value is -2.35. The monoisotopic (exact) mass is 263 g/mol. The van der Waals surface area contributed by atoms with Gasteiger partial charge in [0.15, 0.2) is 0 Å². The molecule has 1 aliphatic heterocycles. The molecule has 2 heteroatoms. The van der Waals surface area contributed by atoms with Crippen molar-refractivity contribution in [2.24, 2.45) is 0 Å². The molecule has 0 fully saturated rings. The first-order valence-corrected chi connectivity index (χ1v) is 6.97. The van der Waals surface area contributed by atoms with Crippen LogP contribution in [0.4, 0.5) is 5.69 Å². The first-order chi connectivity index (χ1) is 9.84. The highest BCUT2D eigenvalue weighted by atomic mass is 16.2. The molecule has 0 unspecified atom stereocenters. The van der Waals surface area contributed by atoms with Crippen molar-refractivity contribution >= 4 is 17.7 Å². The smallest absolute Gasteiger partial charge is 0.250 e. The van der Waals surface area contributed by atoms with Crippen molar-refractivity contribution in [1.29, 1.82) is 0 Å². The van der Waals surface area contributed by atoms with Crippen molar-refractivity contribution in [1.82, 2.24) is 0 Å². The number of amides is 1. The zero-order valence-electron chi connectivity index (χ0n) is 11.3. The Balaban J connectivity index is 1.80. The van der Waals surface area contributed by atoms with Crippen molar-refractivity contribution in [2.45, 2.75) is 12.8 Å². The van der Waals surface area contributed by atoms with Crippen LogP contribution in [0.2, 0.25) is 0 Å². The van der Waals surface area contributed by atoms with E-state index in [4.69, 9.17) is 0 Å². The van der Waals surface area contributed by atoms with Gasteiger partial charge in [-0.15, -0.1) is 0 Å². The minimum absolute atomic E-state index is 0.0565. The van der Waals surface area contributed by atoms with E-state index in [2.05, 4.69) is 6.07 Å². The van der Waals surface area contributed by atoms with Gasteiger partial charge in [-0.05, 0) is 36.1 Å². The summed E-state index contributed by atoms with van der Waals surface area (Å²) in [5, 5.41) is 0. The van der Waals surface area contributed by atoms with E-state index in [-0.39, 0.29) is 5.91 Å². The van der Waals surface area contributed by atoms with Gasteiger partial charge in [0.2, 0.25) is 0 Å². The van der Waals surface area contributed by atoms with E-state index in [0.717, 1.165) is 30.6 Å². The summed E-state index contributed by atoms with van der Waals surface area (Å²) < 4.78 is 0. The van der Waals surface area contributed by atoms with Crippen LogP contribution in [-0.4, -0.2) is 12.5 Å². The Morgan fingerprint density at radius 3 is 2.60 bits per heavy atom. The molecule has 1 amide bonds. The van der Waals surface area contributed by atoms with Gasteiger partial charge in [0, 0.05) is 18.3 Å². The highest BCUT2D eigenvalue weighted by Gasteiger charge is 2.19. The van der Waals surface area contributed by atoms with Crippen molar-refractivity contribution in [2.75, 3.05) is 11.4 Å². The summed E-state index contributed by atoms with van der Waals surface area (Å²) in [6.45, 7) is 0.801. The number of benzene rings is 2. The normalized spacial score (nSPS) is 14.3. The van der Waals surface area contributed by atoms with Crippen LogP contribution in [0.15, 0.2) is 60.7 Å². The van der Waals surface area contributed by atoms with Gasteiger partial charge in [0.25, 0.3) is 5.91 Å². The second kappa shape index (κ2) is 5.74. The first kappa shape index (κ1) is 12.7. The average molecular weight is 263 g/mol. The van der Waals surface area contributed by atoms with Crippen LogP contribution in [0.5, 0.6) is 0 Å². The predicted octanol–water partition coefficient (Wildman–Crippen LogP) is 3.68. The predicted molar refractivity (Wildman–Crippen MR) is 82.6 cm³/mol. The number of anilines is 1. The third kappa shape index (κ3) is 2.64. The molecular formula is C18H17NO. The van der Waals surface area contributed by atoms with Crippen LogP contribution in [0.25, 0.3) is 6.08 Å². The Morgan fingerprint density at radius 2 is 1.75 bits per heavy atom. The maximum absolute atomic E-state index is 12.4. The number of aryl methyl sites for hydroxylation is 1. The molecule has 0 spiro atoms. The molecule has 100 valence electrons. The second-order valence-corrected chi connectivity index (χ2v) is 4.97. The van der Waals surface area contributed by atoms with Gasteiger partial charge in [-0.3, -0.25) is 4.79 Å². The van der Waals surface area contributed by atoms with Crippen LogP contribution in [0.3, 0.4) is 0 Å². The van der Waals surface area contributed by atoms with Gasteiger partial charge >= 0.3 is 0 Å². The summed E-state index contributed by atoms with van der Waals surface area (Å²) in [6, 6.07) is 18.1. The maximum atomic E-state index is 12.4. The third-order valence-corrected chi connectivity index (χ3v) is 3.59. The largest absolute Gasteiger partial charge is 0.309 e. The molecule has 0 aliphatic carbocycles. The fraction of sp³-hybridized carbons (Fsp3) is 0.167. The Morgan fingerprint density at radius 1 is 1.00 bits per heavy atom. The van der Waals surface area contributed by atoms with Crippen LogP contribution < -0.4 is 4.90 Å². The van der Waals surface area contributed by atoms with Crippen molar-refractivity contribution in [3.63, 3.8) is 0 Å². The van der Waals surface area contributed by atoms with Gasteiger partial charge in [0.1, 0.15) is 0 Å². The molecule has 2 nitrogen and oxygen atoms in total. The third-order valence-electron chi connectivity index (χ3n) is 3.59. The number of fused-ring (bicyclic) bond motifs is 1. The summed E-state index contributed by atoms with van der Waals surface area (Å²) in [6.07, 6.45) is 5.63. The number of hydrogen-bond acceptors (Lipinski definition) is 1. The van der Waals surface area contributed by atoms with E-state index in [1.165, 1.54) is 5.56 Å². The van der Waals surface area contributed by atoms with E-state index in [9.17, 15) is 4.79 Å². The highest BCUT2D eigenvalue weighted by molar-refractivity contribution is 6.04. The SMILES string of the molecule is O=C(/C=C/c1ccccc1)N1CCCc2ccccc21. The molecule has 2 aromatic carbocycles. The Labute approximate surface area is 119 Å². The molecule has 0 N–H and O–H groups in total. The van der Waals surface area contributed by atoms with E-state index >= 15 is 0 Å². The minimum Gasteiger partial charge on any atom is -0.309 e. The fourth-order valence-corrected chi connectivity index (χ4v) is 2.58. The number of carbonyl (C=O) groups is 1. The maximum Gasteiger partial charge on any atom is 0.250 e. The topological polar surface area (TPSA) is 20.3 Å². The zero-order valence-corrected chi connectivity index (χ0v) is 11.3. The first-order valence-electron chi connectivity index (χ1n) is 6.97. The summed E-state index contributed by atoms with van der Waals surface area (Å²) >= 11 is 0.